The molecule has 1 aromatic rings. The number of phenolic OH excluding ortho intramolecular Hbond substituents is 1. The Labute approximate surface area is 114 Å². The highest BCUT2D eigenvalue weighted by Gasteiger charge is 2.61. The molecule has 0 spiro atoms. The summed E-state index contributed by atoms with van der Waals surface area (Å²) in [6, 6.07) is 5.71. The van der Waals surface area contributed by atoms with Crippen molar-refractivity contribution in [2.24, 2.45) is 5.92 Å². The number of phenols is 1. The topological polar surface area (TPSA) is 23.5 Å². The lowest BCUT2D eigenvalue weighted by molar-refractivity contribution is 0.152. The number of nitrogens with zero attached hydrogens (tertiary/aromatic N) is 1. The van der Waals surface area contributed by atoms with Crippen LogP contribution in [0.5, 0.6) is 5.75 Å². The molecule has 98 valence electrons. The van der Waals surface area contributed by atoms with Gasteiger partial charge in [-0.2, -0.15) is 0 Å². The number of rotatable bonds is 1. The summed E-state index contributed by atoms with van der Waals surface area (Å²) in [4.78, 5) is 2.56. The van der Waals surface area contributed by atoms with E-state index >= 15 is 0 Å². The molecule has 1 N–H and O–H groups in total. The van der Waals surface area contributed by atoms with Crippen molar-refractivity contribution >= 4 is 11.6 Å². The van der Waals surface area contributed by atoms with E-state index in [4.69, 9.17) is 11.6 Å². The van der Waals surface area contributed by atoms with Crippen molar-refractivity contribution in [2.45, 2.75) is 38.1 Å². The van der Waals surface area contributed by atoms with Gasteiger partial charge in [-0.1, -0.05) is 17.7 Å². The summed E-state index contributed by atoms with van der Waals surface area (Å²) in [7, 11) is 0. The lowest BCUT2D eigenvalue weighted by atomic mass is 9.94. The van der Waals surface area contributed by atoms with Gasteiger partial charge in [-0.05, 0) is 50.8 Å². The second kappa shape index (κ2) is 3.64. The molecule has 3 heteroatoms. The Morgan fingerprint density at radius 1 is 1.39 bits per heavy atom. The van der Waals surface area contributed by atoms with Gasteiger partial charge in [-0.3, -0.25) is 4.90 Å². The van der Waals surface area contributed by atoms with Gasteiger partial charge < -0.3 is 5.11 Å². The maximum Gasteiger partial charge on any atom is 0.134 e. The first-order valence-electron chi connectivity index (χ1n) is 6.57. The number of hydrogen-bond acceptors (Lipinski definition) is 2. The van der Waals surface area contributed by atoms with Crippen LogP contribution in [0.25, 0.3) is 0 Å². The van der Waals surface area contributed by atoms with Crippen molar-refractivity contribution in [1.82, 2.24) is 4.90 Å². The standard InChI is InChI=1S/C15H20ClNO/c1-14(2,3)17-8-11-7-15(11,9-17)10-4-5-13(18)12(16)6-10/h4-6,11,18H,7-9H2,1-3H3. The highest BCUT2D eigenvalue weighted by Crippen LogP contribution is 2.60. The summed E-state index contributed by atoms with van der Waals surface area (Å²) < 4.78 is 0. The molecule has 3 rings (SSSR count). The molecule has 2 atom stereocenters. The zero-order valence-electron chi connectivity index (χ0n) is 11.2. The molecular weight excluding hydrogens is 246 g/mol. The van der Waals surface area contributed by atoms with E-state index in [9.17, 15) is 5.11 Å². The molecule has 1 saturated heterocycles. The van der Waals surface area contributed by atoms with Crippen LogP contribution < -0.4 is 0 Å². The van der Waals surface area contributed by atoms with Gasteiger partial charge in [-0.15, -0.1) is 0 Å². The third-order valence-corrected chi connectivity index (χ3v) is 4.92. The molecule has 18 heavy (non-hydrogen) atoms. The number of fused-ring (bicyclic) bond motifs is 1. The van der Waals surface area contributed by atoms with E-state index < -0.39 is 0 Å². The second-order valence-electron chi connectivity index (χ2n) is 6.77. The number of benzene rings is 1. The highest BCUT2D eigenvalue weighted by atomic mass is 35.5. The Kier molecular flexibility index (Phi) is 2.49. The van der Waals surface area contributed by atoms with Crippen LogP contribution in [0, 0.1) is 5.92 Å². The summed E-state index contributed by atoms with van der Waals surface area (Å²) in [6.07, 6.45) is 1.26. The third kappa shape index (κ3) is 1.74. The molecule has 1 saturated carbocycles. The Morgan fingerprint density at radius 3 is 2.67 bits per heavy atom. The van der Waals surface area contributed by atoms with Gasteiger partial charge >= 0.3 is 0 Å². The van der Waals surface area contributed by atoms with Gasteiger partial charge in [0.05, 0.1) is 5.02 Å². The molecule has 2 unspecified atom stereocenters. The van der Waals surface area contributed by atoms with E-state index in [0.717, 1.165) is 12.5 Å². The lowest BCUT2D eigenvalue weighted by Gasteiger charge is -2.34. The Hall–Kier alpha value is -0.730. The van der Waals surface area contributed by atoms with Crippen LogP contribution in [-0.4, -0.2) is 28.6 Å². The monoisotopic (exact) mass is 265 g/mol. The minimum absolute atomic E-state index is 0.180. The molecule has 2 nitrogen and oxygen atoms in total. The first-order valence-corrected chi connectivity index (χ1v) is 6.95. The first kappa shape index (κ1) is 12.3. The Balaban J connectivity index is 1.88. The third-order valence-electron chi connectivity index (χ3n) is 4.62. The molecule has 1 heterocycles. The summed E-state index contributed by atoms with van der Waals surface area (Å²) in [6.45, 7) is 9.12. The smallest absolute Gasteiger partial charge is 0.134 e. The van der Waals surface area contributed by atoms with E-state index in [0.29, 0.717) is 10.4 Å². The number of likely N-dealkylation sites (tertiary alicyclic amines) is 1. The molecular formula is C15H20ClNO. The Bertz CT molecular complexity index is 494. The maximum absolute atomic E-state index is 9.52. The van der Waals surface area contributed by atoms with E-state index in [1.54, 1.807) is 6.07 Å². The number of piperidine rings is 1. The number of aromatic hydroxyl groups is 1. The van der Waals surface area contributed by atoms with Crippen LogP contribution in [0.2, 0.25) is 5.02 Å². The van der Waals surface area contributed by atoms with Crippen molar-refractivity contribution < 1.29 is 5.11 Å². The minimum atomic E-state index is 0.180. The van der Waals surface area contributed by atoms with E-state index in [-0.39, 0.29) is 11.3 Å². The normalized spacial score (nSPS) is 31.4. The van der Waals surface area contributed by atoms with Gasteiger partial charge in [0, 0.05) is 24.0 Å². The molecule has 1 aliphatic heterocycles. The van der Waals surface area contributed by atoms with Crippen LogP contribution in [0.3, 0.4) is 0 Å². The molecule has 0 radical (unpaired) electrons. The Morgan fingerprint density at radius 2 is 2.11 bits per heavy atom. The summed E-state index contributed by atoms with van der Waals surface area (Å²) in [5.41, 5.74) is 1.83. The van der Waals surface area contributed by atoms with E-state index in [2.05, 4.69) is 25.7 Å². The van der Waals surface area contributed by atoms with Crippen LogP contribution in [0.1, 0.15) is 32.8 Å². The van der Waals surface area contributed by atoms with Crippen molar-refractivity contribution in [1.29, 1.82) is 0 Å². The van der Waals surface area contributed by atoms with Crippen LogP contribution in [-0.2, 0) is 5.41 Å². The van der Waals surface area contributed by atoms with Gasteiger partial charge in [-0.25, -0.2) is 0 Å². The average molecular weight is 266 g/mol. The predicted octanol–water partition coefficient (Wildman–Crippen LogP) is 3.42. The largest absolute Gasteiger partial charge is 0.506 e. The van der Waals surface area contributed by atoms with Crippen LogP contribution in [0.4, 0.5) is 0 Å². The summed E-state index contributed by atoms with van der Waals surface area (Å²) >= 11 is 6.04. The molecule has 1 aromatic carbocycles. The van der Waals surface area contributed by atoms with Gasteiger partial charge in [0.25, 0.3) is 0 Å². The zero-order chi connectivity index (χ0) is 13.1. The molecule has 2 fully saturated rings. The molecule has 0 amide bonds. The molecule has 2 aliphatic rings. The number of hydrogen-bond donors (Lipinski definition) is 1. The van der Waals surface area contributed by atoms with E-state index in [1.807, 2.05) is 12.1 Å². The van der Waals surface area contributed by atoms with Crippen LogP contribution >= 0.6 is 11.6 Å². The summed E-state index contributed by atoms with van der Waals surface area (Å²) in [5.74, 6) is 0.942. The lowest BCUT2D eigenvalue weighted by Crippen LogP contribution is -2.42. The molecule has 1 aliphatic carbocycles. The maximum atomic E-state index is 9.52. The van der Waals surface area contributed by atoms with Crippen molar-refractivity contribution in [2.75, 3.05) is 13.1 Å². The second-order valence-corrected chi connectivity index (χ2v) is 7.18. The van der Waals surface area contributed by atoms with Crippen molar-refractivity contribution in [3.8, 4) is 5.75 Å². The summed E-state index contributed by atoms with van der Waals surface area (Å²) in [5, 5.41) is 10.00. The average Bonchev–Trinajstić information content (AvgIpc) is 2.84. The fourth-order valence-corrected chi connectivity index (χ4v) is 3.44. The minimum Gasteiger partial charge on any atom is -0.506 e. The SMILES string of the molecule is CC(C)(C)N1CC2CC2(c2ccc(O)c(Cl)c2)C1. The first-order chi connectivity index (χ1) is 8.33. The highest BCUT2D eigenvalue weighted by molar-refractivity contribution is 6.32. The predicted molar refractivity (Wildman–Crippen MR) is 74.2 cm³/mol. The zero-order valence-corrected chi connectivity index (χ0v) is 12.0. The van der Waals surface area contributed by atoms with Gasteiger partial charge in [0.15, 0.2) is 0 Å². The molecule has 0 aromatic heterocycles. The fourth-order valence-electron chi connectivity index (χ4n) is 3.26. The fraction of sp³-hybridized carbons (Fsp3) is 0.600. The van der Waals surface area contributed by atoms with Crippen LogP contribution in [0.15, 0.2) is 18.2 Å². The van der Waals surface area contributed by atoms with E-state index in [1.165, 1.54) is 18.5 Å². The van der Waals surface area contributed by atoms with Crippen molar-refractivity contribution in [3.63, 3.8) is 0 Å². The van der Waals surface area contributed by atoms with Gasteiger partial charge in [0.2, 0.25) is 0 Å². The van der Waals surface area contributed by atoms with Gasteiger partial charge in [0.1, 0.15) is 5.75 Å². The number of halogens is 1. The molecule has 0 bridgehead atoms. The van der Waals surface area contributed by atoms with Crippen molar-refractivity contribution in [3.05, 3.63) is 28.8 Å². The quantitative estimate of drug-likeness (QED) is 0.841.